The van der Waals surface area contributed by atoms with Crippen molar-refractivity contribution in [3.63, 3.8) is 0 Å². The van der Waals surface area contributed by atoms with Crippen molar-refractivity contribution in [3.8, 4) is 0 Å². The highest BCUT2D eigenvalue weighted by Crippen LogP contribution is 2.38. The Morgan fingerprint density at radius 1 is 1.32 bits per heavy atom. The molecular weight excluding hydrogens is 248 g/mol. The van der Waals surface area contributed by atoms with Gasteiger partial charge in [-0.2, -0.15) is 0 Å². The van der Waals surface area contributed by atoms with Gasteiger partial charge in [0.05, 0.1) is 0 Å². The standard InChI is InChI=1S/C7H10O5.C7H10/c1-6(2)3-12-5(10)7(6,11)4(8)9;1-2-7-4-3-6(1)5-7/h11H,3H2,1-2H3,(H,8,9);1-2,6-7H,3-5H2. The number of esters is 1. The quantitative estimate of drug-likeness (QED) is 0.426. The number of rotatable bonds is 1. The van der Waals surface area contributed by atoms with Crippen LogP contribution in [0.2, 0.25) is 0 Å². The molecule has 0 radical (unpaired) electrons. The van der Waals surface area contributed by atoms with Crippen molar-refractivity contribution in [3.05, 3.63) is 12.2 Å². The van der Waals surface area contributed by atoms with Crippen molar-refractivity contribution in [2.45, 2.75) is 38.7 Å². The Labute approximate surface area is 112 Å². The van der Waals surface area contributed by atoms with Crippen molar-refractivity contribution in [1.29, 1.82) is 0 Å². The fourth-order valence-electron chi connectivity index (χ4n) is 2.82. The number of aliphatic hydroxyl groups is 1. The minimum Gasteiger partial charge on any atom is -0.479 e. The third kappa shape index (κ3) is 2.27. The molecule has 2 bridgehead atoms. The number of carboxylic acid groups (broad SMARTS) is 1. The van der Waals surface area contributed by atoms with Gasteiger partial charge in [0.15, 0.2) is 0 Å². The maximum absolute atomic E-state index is 10.9. The molecule has 5 nitrogen and oxygen atoms in total. The van der Waals surface area contributed by atoms with E-state index in [1.54, 1.807) is 0 Å². The summed E-state index contributed by atoms with van der Waals surface area (Å²) in [6.07, 6.45) is 9.19. The van der Waals surface area contributed by atoms with E-state index in [0.29, 0.717) is 0 Å². The highest BCUT2D eigenvalue weighted by molar-refractivity contribution is 6.04. The summed E-state index contributed by atoms with van der Waals surface area (Å²) in [4.78, 5) is 21.5. The third-order valence-corrected chi connectivity index (χ3v) is 4.32. The molecule has 19 heavy (non-hydrogen) atoms. The van der Waals surface area contributed by atoms with E-state index < -0.39 is 23.0 Å². The van der Waals surface area contributed by atoms with Crippen LogP contribution >= 0.6 is 0 Å². The molecule has 2 fully saturated rings. The van der Waals surface area contributed by atoms with Gasteiger partial charge in [-0.1, -0.05) is 26.0 Å². The first kappa shape index (κ1) is 14.1. The van der Waals surface area contributed by atoms with Gasteiger partial charge in [0.25, 0.3) is 5.60 Å². The number of hydrogen-bond donors (Lipinski definition) is 2. The van der Waals surface area contributed by atoms with Crippen LogP contribution in [-0.2, 0) is 14.3 Å². The predicted molar refractivity (Wildman–Crippen MR) is 67.3 cm³/mol. The molecule has 2 aliphatic carbocycles. The first-order chi connectivity index (χ1) is 8.77. The monoisotopic (exact) mass is 268 g/mol. The molecule has 1 saturated heterocycles. The Balaban J connectivity index is 0.000000159. The Kier molecular flexibility index (Phi) is 3.43. The zero-order valence-electron chi connectivity index (χ0n) is 11.3. The van der Waals surface area contributed by atoms with Gasteiger partial charge in [0.1, 0.15) is 6.61 Å². The number of aliphatic carboxylic acids is 1. The molecule has 2 N–H and O–H groups in total. The lowest BCUT2D eigenvalue weighted by Gasteiger charge is -2.26. The van der Waals surface area contributed by atoms with E-state index in [1.165, 1.54) is 33.1 Å². The largest absolute Gasteiger partial charge is 0.479 e. The van der Waals surface area contributed by atoms with Crippen LogP contribution in [0, 0.1) is 17.3 Å². The lowest BCUT2D eigenvalue weighted by Crippen LogP contribution is -2.53. The van der Waals surface area contributed by atoms with E-state index in [2.05, 4.69) is 16.9 Å². The summed E-state index contributed by atoms with van der Waals surface area (Å²) in [6, 6.07) is 0. The highest BCUT2D eigenvalue weighted by atomic mass is 16.6. The molecule has 106 valence electrons. The van der Waals surface area contributed by atoms with E-state index in [9.17, 15) is 14.7 Å². The van der Waals surface area contributed by atoms with Crippen LogP contribution in [-0.4, -0.2) is 34.4 Å². The highest BCUT2D eigenvalue weighted by Gasteiger charge is 2.62. The van der Waals surface area contributed by atoms with Gasteiger partial charge in [-0.05, 0) is 31.1 Å². The molecule has 0 aromatic carbocycles. The van der Waals surface area contributed by atoms with Gasteiger partial charge in [0, 0.05) is 5.41 Å². The van der Waals surface area contributed by atoms with Crippen molar-refractivity contribution in [2.24, 2.45) is 17.3 Å². The van der Waals surface area contributed by atoms with Gasteiger partial charge in [-0.3, -0.25) is 0 Å². The van der Waals surface area contributed by atoms with Gasteiger partial charge in [-0.15, -0.1) is 0 Å². The number of carbonyl (C=O) groups excluding carboxylic acids is 1. The van der Waals surface area contributed by atoms with Crippen LogP contribution in [0.4, 0.5) is 0 Å². The van der Waals surface area contributed by atoms with Gasteiger partial charge in [-0.25, -0.2) is 9.59 Å². The van der Waals surface area contributed by atoms with Crippen LogP contribution < -0.4 is 0 Å². The normalized spacial score (nSPS) is 37.7. The van der Waals surface area contributed by atoms with Crippen LogP contribution in [0.5, 0.6) is 0 Å². The van der Waals surface area contributed by atoms with Gasteiger partial charge in [0.2, 0.25) is 0 Å². The molecule has 3 rings (SSSR count). The summed E-state index contributed by atoms with van der Waals surface area (Å²) in [5, 5.41) is 18.1. The summed E-state index contributed by atoms with van der Waals surface area (Å²) in [5.74, 6) is -0.662. The Hall–Kier alpha value is -1.36. The molecule has 3 atom stereocenters. The van der Waals surface area contributed by atoms with Crippen LogP contribution in [0.3, 0.4) is 0 Å². The SMILES string of the molecule is C1=CC2CCC1C2.CC1(C)COC(=O)C1(O)C(=O)O. The fourth-order valence-corrected chi connectivity index (χ4v) is 2.82. The molecule has 1 saturated carbocycles. The van der Waals surface area contributed by atoms with Crippen LogP contribution in [0.25, 0.3) is 0 Å². The number of carboxylic acids is 1. The number of hydrogen-bond acceptors (Lipinski definition) is 4. The smallest absolute Gasteiger partial charge is 0.350 e. The lowest BCUT2D eigenvalue weighted by atomic mass is 9.77. The summed E-state index contributed by atoms with van der Waals surface area (Å²) in [5.41, 5.74) is -3.47. The van der Waals surface area contributed by atoms with Crippen LogP contribution in [0.1, 0.15) is 33.1 Å². The Morgan fingerprint density at radius 2 is 1.84 bits per heavy atom. The number of cyclic esters (lactones) is 1. The third-order valence-electron chi connectivity index (χ3n) is 4.32. The van der Waals surface area contributed by atoms with Gasteiger partial charge < -0.3 is 14.9 Å². The second-order valence-electron chi connectivity index (χ2n) is 6.19. The first-order valence-corrected chi connectivity index (χ1v) is 6.58. The molecule has 3 unspecified atom stereocenters. The average Bonchev–Trinajstić information content (AvgIpc) is 3.03. The lowest BCUT2D eigenvalue weighted by molar-refractivity contribution is -0.176. The summed E-state index contributed by atoms with van der Waals surface area (Å²) in [6.45, 7) is 2.85. The van der Waals surface area contributed by atoms with Crippen molar-refractivity contribution < 1.29 is 24.5 Å². The number of ether oxygens (including phenoxy) is 1. The predicted octanol–water partition coefficient (Wildman–Crippen LogP) is 1.36. The molecule has 3 aliphatic rings. The van der Waals surface area contributed by atoms with E-state index in [1.807, 2.05) is 0 Å². The summed E-state index contributed by atoms with van der Waals surface area (Å²) >= 11 is 0. The molecule has 1 heterocycles. The first-order valence-electron chi connectivity index (χ1n) is 6.58. The van der Waals surface area contributed by atoms with E-state index in [4.69, 9.17) is 5.11 Å². The molecule has 5 heteroatoms. The van der Waals surface area contributed by atoms with Crippen molar-refractivity contribution in [1.82, 2.24) is 0 Å². The minimum atomic E-state index is -2.40. The molecule has 0 aromatic rings. The zero-order valence-corrected chi connectivity index (χ0v) is 11.3. The number of carbonyl (C=O) groups is 2. The fraction of sp³-hybridized carbons (Fsp3) is 0.714. The van der Waals surface area contributed by atoms with E-state index >= 15 is 0 Å². The molecule has 0 amide bonds. The van der Waals surface area contributed by atoms with Gasteiger partial charge >= 0.3 is 11.9 Å². The number of fused-ring (bicyclic) bond motifs is 2. The van der Waals surface area contributed by atoms with Crippen molar-refractivity contribution >= 4 is 11.9 Å². The van der Waals surface area contributed by atoms with Crippen LogP contribution in [0.15, 0.2) is 12.2 Å². The average molecular weight is 268 g/mol. The minimum absolute atomic E-state index is 0.0748. The summed E-state index contributed by atoms with van der Waals surface area (Å²) < 4.78 is 4.48. The molecule has 0 aromatic heterocycles. The zero-order chi connectivity index (χ0) is 14.3. The van der Waals surface area contributed by atoms with Crippen molar-refractivity contribution in [2.75, 3.05) is 6.61 Å². The number of allylic oxidation sites excluding steroid dienone is 2. The summed E-state index contributed by atoms with van der Waals surface area (Å²) in [7, 11) is 0. The topological polar surface area (TPSA) is 83.8 Å². The second-order valence-corrected chi connectivity index (χ2v) is 6.19. The van der Waals surface area contributed by atoms with E-state index in [0.717, 1.165) is 11.8 Å². The maximum Gasteiger partial charge on any atom is 0.350 e. The second kappa shape index (κ2) is 4.63. The van der Waals surface area contributed by atoms with E-state index in [-0.39, 0.29) is 6.61 Å². The maximum atomic E-state index is 10.9. The molecular formula is C14H20O5. The molecule has 1 aliphatic heterocycles. The Morgan fingerprint density at radius 3 is 2.00 bits per heavy atom. The molecule has 0 spiro atoms. The Bertz CT molecular complexity index is 414.